The van der Waals surface area contributed by atoms with Crippen LogP contribution in [-0.2, 0) is 27.2 Å². The van der Waals surface area contributed by atoms with Crippen LogP contribution in [-0.4, -0.2) is 53.8 Å². The molecule has 200 valence electrons. The molecule has 3 aromatic rings. The number of carbonyl (C=O) groups excluding carboxylic acids is 2. The highest BCUT2D eigenvalue weighted by Crippen LogP contribution is 2.46. The van der Waals surface area contributed by atoms with E-state index in [1.54, 1.807) is 0 Å². The normalized spacial score (nSPS) is 24.0. The predicted molar refractivity (Wildman–Crippen MR) is 148 cm³/mol. The van der Waals surface area contributed by atoms with Crippen molar-refractivity contribution in [1.82, 2.24) is 9.47 Å². The number of nitrogens with zero attached hydrogens (tertiary/aromatic N) is 2. The minimum atomic E-state index is -0.334. The van der Waals surface area contributed by atoms with Crippen LogP contribution in [0.4, 0.5) is 0 Å². The quantitative estimate of drug-likeness (QED) is 0.405. The second kappa shape index (κ2) is 10.2. The van der Waals surface area contributed by atoms with Crippen LogP contribution in [0.1, 0.15) is 73.4 Å². The van der Waals surface area contributed by atoms with Crippen molar-refractivity contribution in [3.05, 3.63) is 59.2 Å². The van der Waals surface area contributed by atoms with E-state index in [9.17, 15) is 9.59 Å². The number of esters is 1. The molecular weight excluding hydrogens is 476 g/mol. The minimum absolute atomic E-state index is 0.0317. The third-order valence-corrected chi connectivity index (χ3v) is 8.76. The Kier molecular flexibility index (Phi) is 6.77. The molecule has 38 heavy (non-hydrogen) atoms. The maximum Gasteiger partial charge on any atom is 0.337 e. The molecule has 1 aliphatic carbocycles. The van der Waals surface area contributed by atoms with Crippen LogP contribution < -0.4 is 0 Å². The number of aromatic nitrogens is 1. The second-order valence-corrected chi connectivity index (χ2v) is 11.5. The van der Waals surface area contributed by atoms with Crippen molar-refractivity contribution in [2.45, 2.75) is 77.0 Å². The molecule has 2 aliphatic heterocycles. The number of amides is 1. The topological polar surface area (TPSA) is 60.8 Å². The molecule has 2 fully saturated rings. The lowest BCUT2D eigenvalue weighted by Gasteiger charge is -2.37. The smallest absolute Gasteiger partial charge is 0.337 e. The van der Waals surface area contributed by atoms with Gasteiger partial charge in [-0.1, -0.05) is 49.6 Å². The van der Waals surface area contributed by atoms with E-state index in [1.807, 2.05) is 30.9 Å². The third-order valence-electron chi connectivity index (χ3n) is 8.76. The van der Waals surface area contributed by atoms with Gasteiger partial charge in [0, 0.05) is 36.1 Å². The van der Waals surface area contributed by atoms with Crippen LogP contribution in [0.3, 0.4) is 0 Å². The van der Waals surface area contributed by atoms with Gasteiger partial charge in [-0.3, -0.25) is 4.79 Å². The molecule has 6 nitrogen and oxygen atoms in total. The number of hydrogen-bond acceptors (Lipinski definition) is 4. The van der Waals surface area contributed by atoms with E-state index in [0.717, 1.165) is 5.52 Å². The summed E-state index contributed by atoms with van der Waals surface area (Å²) in [6.45, 7) is 5.93. The lowest BCUT2D eigenvalue weighted by atomic mass is 9.81. The van der Waals surface area contributed by atoms with Crippen molar-refractivity contribution in [1.29, 1.82) is 0 Å². The Balaban J connectivity index is 1.53. The van der Waals surface area contributed by atoms with E-state index in [2.05, 4.69) is 34.9 Å². The van der Waals surface area contributed by atoms with E-state index >= 15 is 0 Å². The molecule has 3 atom stereocenters. The number of rotatable bonds is 3. The number of ether oxygens (including phenoxy) is 2. The number of methoxy groups -OCH3 is 1. The molecule has 1 aromatic heterocycles. The zero-order valence-corrected chi connectivity index (χ0v) is 22.7. The molecule has 0 N–H and O–H groups in total. The highest BCUT2D eigenvalue weighted by atomic mass is 16.5. The fraction of sp³-hybridized carbons (Fsp3) is 0.500. The summed E-state index contributed by atoms with van der Waals surface area (Å²) in [5, 5.41) is 1.20. The molecule has 3 heterocycles. The van der Waals surface area contributed by atoms with Gasteiger partial charge in [0.1, 0.15) is 0 Å². The molecule has 6 heteroatoms. The van der Waals surface area contributed by atoms with Crippen LogP contribution in [0.5, 0.6) is 0 Å². The summed E-state index contributed by atoms with van der Waals surface area (Å²) in [5.74, 6) is 0.152. The van der Waals surface area contributed by atoms with Crippen LogP contribution >= 0.6 is 0 Å². The lowest BCUT2D eigenvalue weighted by Crippen LogP contribution is -2.50. The number of morpholine rings is 1. The summed E-state index contributed by atoms with van der Waals surface area (Å²) in [5.41, 5.74) is 6.66. The van der Waals surface area contributed by atoms with E-state index < -0.39 is 0 Å². The summed E-state index contributed by atoms with van der Waals surface area (Å²) in [4.78, 5) is 28.6. The van der Waals surface area contributed by atoms with Gasteiger partial charge in [0.15, 0.2) is 0 Å². The Morgan fingerprint density at radius 2 is 1.68 bits per heavy atom. The van der Waals surface area contributed by atoms with Crippen LogP contribution in [0, 0.1) is 5.92 Å². The molecule has 2 aromatic carbocycles. The minimum Gasteiger partial charge on any atom is -0.465 e. The number of benzene rings is 2. The van der Waals surface area contributed by atoms with Gasteiger partial charge in [0.2, 0.25) is 5.91 Å². The van der Waals surface area contributed by atoms with Crippen molar-refractivity contribution in [3.8, 4) is 11.3 Å². The van der Waals surface area contributed by atoms with Gasteiger partial charge in [-0.05, 0) is 62.3 Å². The highest BCUT2D eigenvalue weighted by Gasteiger charge is 2.36. The molecule has 0 spiro atoms. The molecule has 0 radical (unpaired) electrons. The van der Waals surface area contributed by atoms with Crippen LogP contribution in [0.15, 0.2) is 42.5 Å². The molecule has 1 saturated heterocycles. The molecule has 1 unspecified atom stereocenters. The van der Waals surface area contributed by atoms with Crippen molar-refractivity contribution in [2.75, 3.05) is 20.2 Å². The molecule has 3 aliphatic rings. The van der Waals surface area contributed by atoms with Gasteiger partial charge < -0.3 is 18.9 Å². The fourth-order valence-corrected chi connectivity index (χ4v) is 7.17. The highest BCUT2D eigenvalue weighted by molar-refractivity contribution is 5.99. The standard InChI is InChI=1S/C32H38N2O4/c1-20-17-33(18-21(2)38-20)31(35)25-15-23-11-7-8-12-26(23)30-29(22-9-5-4-6-10-22)27-14-13-24(32(36)37-3)16-28(27)34(30)19-25/h7-8,11-14,16,20-22,25H,4-6,9-10,15,17-19H2,1-3H3/t20-,21+,25?. The molecule has 0 bridgehead atoms. The van der Waals surface area contributed by atoms with E-state index in [4.69, 9.17) is 9.47 Å². The Bertz CT molecular complexity index is 1360. The van der Waals surface area contributed by atoms with Crippen LogP contribution in [0.2, 0.25) is 0 Å². The van der Waals surface area contributed by atoms with Crippen molar-refractivity contribution >= 4 is 22.8 Å². The Morgan fingerprint density at radius 1 is 0.947 bits per heavy atom. The van der Waals surface area contributed by atoms with Gasteiger partial charge in [-0.25, -0.2) is 4.79 Å². The Morgan fingerprint density at radius 3 is 2.42 bits per heavy atom. The van der Waals surface area contributed by atoms with Gasteiger partial charge in [-0.2, -0.15) is 0 Å². The predicted octanol–water partition coefficient (Wildman–Crippen LogP) is 5.95. The first-order chi connectivity index (χ1) is 18.4. The summed E-state index contributed by atoms with van der Waals surface area (Å²) in [7, 11) is 1.42. The van der Waals surface area contributed by atoms with Gasteiger partial charge in [0.05, 0.1) is 36.5 Å². The maximum atomic E-state index is 14.1. The average molecular weight is 515 g/mol. The Labute approximate surface area is 224 Å². The zero-order valence-electron chi connectivity index (χ0n) is 22.7. The first kappa shape index (κ1) is 25.2. The van der Waals surface area contributed by atoms with Gasteiger partial charge in [0.25, 0.3) is 0 Å². The Hall–Kier alpha value is -3.12. The monoisotopic (exact) mass is 514 g/mol. The zero-order chi connectivity index (χ0) is 26.4. The first-order valence-corrected chi connectivity index (χ1v) is 14.2. The SMILES string of the molecule is COC(=O)c1ccc2c(C3CCCCC3)c3n(c2c1)CC(C(=O)N1C[C@@H](C)O[C@@H](C)C1)Cc1ccccc1-3. The van der Waals surface area contributed by atoms with Crippen molar-refractivity contribution in [2.24, 2.45) is 5.92 Å². The molecule has 6 rings (SSSR count). The second-order valence-electron chi connectivity index (χ2n) is 11.5. The van der Waals surface area contributed by atoms with Crippen molar-refractivity contribution in [3.63, 3.8) is 0 Å². The summed E-state index contributed by atoms with van der Waals surface area (Å²) in [6, 6.07) is 14.6. The first-order valence-electron chi connectivity index (χ1n) is 14.2. The summed E-state index contributed by atoms with van der Waals surface area (Å²) in [6.07, 6.45) is 6.91. The maximum absolute atomic E-state index is 14.1. The largest absolute Gasteiger partial charge is 0.465 e. The van der Waals surface area contributed by atoms with Crippen molar-refractivity contribution < 1.29 is 19.1 Å². The molecule has 1 amide bonds. The van der Waals surface area contributed by atoms with Gasteiger partial charge in [-0.15, -0.1) is 0 Å². The molecular formula is C32H38N2O4. The van der Waals surface area contributed by atoms with Gasteiger partial charge >= 0.3 is 5.97 Å². The average Bonchev–Trinajstić information content (AvgIpc) is 3.14. The van der Waals surface area contributed by atoms with E-state index in [0.29, 0.717) is 37.5 Å². The number of carbonyl (C=O) groups is 2. The fourth-order valence-electron chi connectivity index (χ4n) is 7.17. The summed E-state index contributed by atoms with van der Waals surface area (Å²) < 4.78 is 13.3. The van der Waals surface area contributed by atoms with E-state index in [-0.39, 0.29) is 30.0 Å². The lowest BCUT2D eigenvalue weighted by molar-refractivity contribution is -0.147. The van der Waals surface area contributed by atoms with Crippen LogP contribution in [0.25, 0.3) is 22.2 Å². The summed E-state index contributed by atoms with van der Waals surface area (Å²) >= 11 is 0. The molecule has 1 saturated carbocycles. The third kappa shape index (κ3) is 4.43. The number of fused-ring (bicyclic) bond motifs is 5. The van der Waals surface area contributed by atoms with E-state index in [1.165, 1.54) is 67.0 Å². The number of hydrogen-bond donors (Lipinski definition) is 0.